The Hall–Kier alpha value is -2.63. The van der Waals surface area contributed by atoms with Crippen molar-refractivity contribution < 1.29 is 19.1 Å². The van der Waals surface area contributed by atoms with Gasteiger partial charge in [-0.1, -0.05) is 42.5 Å². The molecule has 1 saturated heterocycles. The molecule has 6 heteroatoms. The minimum atomic E-state index is -0.650. The Labute approximate surface area is 145 Å². The van der Waals surface area contributed by atoms with E-state index in [-0.39, 0.29) is 30.9 Å². The maximum absolute atomic E-state index is 12.8. The standard InChI is InChI=1S/C19H20N2O4/c22-17-11-25-19(24)21(17)10-16(13-4-2-1-3-5-13)20-18(23)15-9-12-6-7-14(15)8-12/h1-7,12,14-16H,8-11H2,(H,20,23). The highest BCUT2D eigenvalue weighted by atomic mass is 16.6. The molecule has 0 radical (unpaired) electrons. The van der Waals surface area contributed by atoms with Crippen LogP contribution in [0.1, 0.15) is 24.4 Å². The van der Waals surface area contributed by atoms with Gasteiger partial charge in [-0.2, -0.15) is 0 Å². The van der Waals surface area contributed by atoms with Crippen molar-refractivity contribution in [1.82, 2.24) is 10.2 Å². The molecule has 1 N–H and O–H groups in total. The first kappa shape index (κ1) is 15.9. The summed E-state index contributed by atoms with van der Waals surface area (Å²) in [6.07, 6.45) is 5.60. The van der Waals surface area contributed by atoms with E-state index >= 15 is 0 Å². The third-order valence-electron chi connectivity index (χ3n) is 5.34. The maximum atomic E-state index is 12.8. The van der Waals surface area contributed by atoms with Crippen molar-refractivity contribution in [2.24, 2.45) is 17.8 Å². The van der Waals surface area contributed by atoms with Crippen LogP contribution in [0.3, 0.4) is 0 Å². The van der Waals surface area contributed by atoms with E-state index in [0.717, 1.165) is 23.3 Å². The van der Waals surface area contributed by atoms with Crippen LogP contribution in [0.25, 0.3) is 0 Å². The molecule has 0 spiro atoms. The number of nitrogens with one attached hydrogen (secondary N) is 1. The molecule has 0 aromatic heterocycles. The number of nitrogens with zero attached hydrogens (tertiary/aromatic N) is 1. The van der Waals surface area contributed by atoms with E-state index in [1.54, 1.807) is 0 Å². The van der Waals surface area contributed by atoms with Gasteiger partial charge < -0.3 is 10.1 Å². The van der Waals surface area contributed by atoms with Crippen LogP contribution >= 0.6 is 0 Å². The summed E-state index contributed by atoms with van der Waals surface area (Å²) in [6, 6.07) is 8.97. The Morgan fingerprint density at radius 3 is 2.60 bits per heavy atom. The molecule has 2 aliphatic carbocycles. The summed E-state index contributed by atoms with van der Waals surface area (Å²) in [5, 5.41) is 3.05. The number of hydrogen-bond acceptors (Lipinski definition) is 4. The predicted molar refractivity (Wildman–Crippen MR) is 89.2 cm³/mol. The van der Waals surface area contributed by atoms with Gasteiger partial charge in [0.1, 0.15) is 0 Å². The third-order valence-corrected chi connectivity index (χ3v) is 5.34. The van der Waals surface area contributed by atoms with E-state index in [2.05, 4.69) is 17.5 Å². The van der Waals surface area contributed by atoms with Gasteiger partial charge in [0.05, 0.1) is 12.6 Å². The number of hydrogen-bond donors (Lipinski definition) is 1. The molecule has 4 atom stereocenters. The first-order valence-corrected chi connectivity index (χ1v) is 8.62. The van der Waals surface area contributed by atoms with E-state index in [1.807, 2.05) is 30.3 Å². The molecule has 6 nitrogen and oxygen atoms in total. The molecule has 1 heterocycles. The van der Waals surface area contributed by atoms with Gasteiger partial charge in [-0.3, -0.25) is 9.59 Å². The number of rotatable bonds is 5. The fourth-order valence-electron chi connectivity index (χ4n) is 4.02. The highest BCUT2D eigenvalue weighted by Gasteiger charge is 2.41. The van der Waals surface area contributed by atoms with E-state index in [4.69, 9.17) is 4.74 Å². The number of fused-ring (bicyclic) bond motifs is 2. The average molecular weight is 340 g/mol. The zero-order valence-electron chi connectivity index (χ0n) is 13.8. The fraction of sp³-hybridized carbons (Fsp3) is 0.421. The maximum Gasteiger partial charge on any atom is 0.417 e. The first-order valence-electron chi connectivity index (χ1n) is 8.62. The lowest BCUT2D eigenvalue weighted by Gasteiger charge is -2.26. The number of carbonyl (C=O) groups excluding carboxylic acids is 3. The van der Waals surface area contributed by atoms with Crippen LogP contribution < -0.4 is 5.32 Å². The van der Waals surface area contributed by atoms with Crippen LogP contribution in [0.5, 0.6) is 0 Å². The molecule has 1 aromatic rings. The number of allylic oxidation sites excluding steroid dienone is 2. The number of carbonyl (C=O) groups is 3. The molecule has 1 aromatic carbocycles. The van der Waals surface area contributed by atoms with Crippen LogP contribution in [0.4, 0.5) is 4.79 Å². The van der Waals surface area contributed by atoms with Gasteiger partial charge in [0, 0.05) is 5.92 Å². The second-order valence-electron chi connectivity index (χ2n) is 6.92. The number of benzene rings is 1. The van der Waals surface area contributed by atoms with Gasteiger partial charge in [-0.05, 0) is 30.2 Å². The fourth-order valence-corrected chi connectivity index (χ4v) is 4.02. The zero-order chi connectivity index (χ0) is 17.4. The van der Waals surface area contributed by atoms with E-state index < -0.39 is 12.1 Å². The predicted octanol–water partition coefficient (Wildman–Crippen LogP) is 2.03. The summed E-state index contributed by atoms with van der Waals surface area (Å²) < 4.78 is 4.78. The average Bonchev–Trinajstić information content (AvgIpc) is 3.33. The number of amides is 3. The van der Waals surface area contributed by atoms with Crippen LogP contribution in [0.15, 0.2) is 42.5 Å². The number of ether oxygens (including phenoxy) is 1. The largest absolute Gasteiger partial charge is 0.439 e. The van der Waals surface area contributed by atoms with Gasteiger partial charge in [0.2, 0.25) is 5.91 Å². The SMILES string of the molecule is O=C(NC(CN1C(=O)COC1=O)c1ccccc1)C1CC2C=CC1C2. The van der Waals surface area contributed by atoms with E-state index in [1.165, 1.54) is 0 Å². The molecule has 1 saturated carbocycles. The molecule has 4 rings (SSSR count). The second kappa shape index (κ2) is 6.35. The van der Waals surface area contributed by atoms with Gasteiger partial charge >= 0.3 is 6.09 Å². The monoisotopic (exact) mass is 340 g/mol. The highest BCUT2D eigenvalue weighted by molar-refractivity contribution is 5.97. The minimum absolute atomic E-state index is 0.00860. The van der Waals surface area contributed by atoms with Crippen LogP contribution in [0, 0.1) is 17.8 Å². The normalized spacial score (nSPS) is 28.3. The molecule has 3 amide bonds. The Kier molecular flexibility index (Phi) is 4.03. The smallest absolute Gasteiger partial charge is 0.417 e. The summed E-state index contributed by atoms with van der Waals surface area (Å²) in [6.45, 7) is -0.143. The Morgan fingerprint density at radius 1 is 1.20 bits per heavy atom. The molecule has 25 heavy (non-hydrogen) atoms. The minimum Gasteiger partial charge on any atom is -0.439 e. The number of imide groups is 1. The summed E-state index contributed by atoms with van der Waals surface area (Å²) in [5.41, 5.74) is 0.863. The molecule has 3 aliphatic rings. The lowest BCUT2D eigenvalue weighted by molar-refractivity contribution is -0.129. The highest BCUT2D eigenvalue weighted by Crippen LogP contribution is 2.43. The molecular formula is C19H20N2O4. The van der Waals surface area contributed by atoms with Crippen LogP contribution in [0.2, 0.25) is 0 Å². The van der Waals surface area contributed by atoms with Gasteiger partial charge in [0.15, 0.2) is 6.61 Å². The van der Waals surface area contributed by atoms with Crippen molar-refractivity contribution >= 4 is 17.9 Å². The van der Waals surface area contributed by atoms with Gasteiger partial charge in [0.25, 0.3) is 5.91 Å². The van der Waals surface area contributed by atoms with E-state index in [9.17, 15) is 14.4 Å². The topological polar surface area (TPSA) is 75.7 Å². The molecule has 4 unspecified atom stereocenters. The first-order chi connectivity index (χ1) is 12.1. The van der Waals surface area contributed by atoms with E-state index in [0.29, 0.717) is 11.8 Å². The lowest BCUT2D eigenvalue weighted by Crippen LogP contribution is -2.42. The zero-order valence-corrected chi connectivity index (χ0v) is 13.8. The second-order valence-corrected chi connectivity index (χ2v) is 6.92. The van der Waals surface area contributed by atoms with Crippen LogP contribution in [-0.2, 0) is 14.3 Å². The Balaban J connectivity index is 1.51. The Morgan fingerprint density at radius 2 is 2.00 bits per heavy atom. The van der Waals surface area contributed by atoms with Crippen molar-refractivity contribution in [3.8, 4) is 0 Å². The van der Waals surface area contributed by atoms with Crippen LogP contribution in [-0.4, -0.2) is 36.0 Å². The van der Waals surface area contributed by atoms with Crippen molar-refractivity contribution in [2.45, 2.75) is 18.9 Å². The van der Waals surface area contributed by atoms with Crippen molar-refractivity contribution in [2.75, 3.05) is 13.2 Å². The number of cyclic esters (lactones) is 1. The van der Waals surface area contributed by atoms with Crippen molar-refractivity contribution in [1.29, 1.82) is 0 Å². The summed E-state index contributed by atoms with van der Waals surface area (Å²) in [5.74, 6) is 0.405. The summed E-state index contributed by atoms with van der Waals surface area (Å²) >= 11 is 0. The van der Waals surface area contributed by atoms with Crippen molar-refractivity contribution in [3.05, 3.63) is 48.0 Å². The molecule has 1 aliphatic heterocycles. The summed E-state index contributed by atoms with van der Waals surface area (Å²) in [4.78, 5) is 37.5. The molecule has 130 valence electrons. The molecule has 2 bridgehead atoms. The Bertz CT molecular complexity index is 714. The van der Waals surface area contributed by atoms with Crippen molar-refractivity contribution in [3.63, 3.8) is 0 Å². The third kappa shape index (κ3) is 3.04. The molecular weight excluding hydrogens is 320 g/mol. The summed E-state index contributed by atoms with van der Waals surface area (Å²) in [7, 11) is 0. The van der Waals surface area contributed by atoms with Gasteiger partial charge in [-0.15, -0.1) is 0 Å². The molecule has 2 fully saturated rings. The quantitative estimate of drug-likeness (QED) is 0.832. The lowest BCUT2D eigenvalue weighted by atomic mass is 9.92. The van der Waals surface area contributed by atoms with Gasteiger partial charge in [-0.25, -0.2) is 9.69 Å².